The van der Waals surface area contributed by atoms with Gasteiger partial charge in [0.05, 0.1) is 19.3 Å². The zero-order valence-electron chi connectivity index (χ0n) is 17.3. The van der Waals surface area contributed by atoms with Crippen LogP contribution in [0.5, 0.6) is 11.5 Å². The SMILES string of the molecule is Cc1cccc(C(=O)NC(CCc2ccccc2)c2ccc3c(c2)OCCCO3)c1. The lowest BCUT2D eigenvalue weighted by atomic mass is 9.98. The van der Waals surface area contributed by atoms with Gasteiger partial charge in [0.2, 0.25) is 0 Å². The van der Waals surface area contributed by atoms with Crippen LogP contribution in [-0.2, 0) is 6.42 Å². The Morgan fingerprint density at radius 2 is 1.73 bits per heavy atom. The van der Waals surface area contributed by atoms with Crippen molar-refractivity contribution in [2.45, 2.75) is 32.2 Å². The van der Waals surface area contributed by atoms with Crippen molar-refractivity contribution in [3.05, 3.63) is 95.1 Å². The Hall–Kier alpha value is -3.27. The van der Waals surface area contributed by atoms with Gasteiger partial charge in [-0.3, -0.25) is 4.79 Å². The summed E-state index contributed by atoms with van der Waals surface area (Å²) >= 11 is 0. The van der Waals surface area contributed by atoms with E-state index in [4.69, 9.17) is 9.47 Å². The maximum atomic E-state index is 13.0. The van der Waals surface area contributed by atoms with Crippen LogP contribution in [0, 0.1) is 6.92 Å². The zero-order valence-corrected chi connectivity index (χ0v) is 17.3. The van der Waals surface area contributed by atoms with Crippen LogP contribution < -0.4 is 14.8 Å². The number of ether oxygens (including phenoxy) is 2. The first kappa shape index (κ1) is 20.0. The summed E-state index contributed by atoms with van der Waals surface area (Å²) < 4.78 is 11.6. The molecule has 4 heteroatoms. The number of aryl methyl sites for hydroxylation is 2. The van der Waals surface area contributed by atoms with Gasteiger partial charge in [0, 0.05) is 12.0 Å². The van der Waals surface area contributed by atoms with Gasteiger partial charge in [-0.25, -0.2) is 0 Å². The van der Waals surface area contributed by atoms with Crippen molar-refractivity contribution in [3.63, 3.8) is 0 Å². The van der Waals surface area contributed by atoms with Crippen molar-refractivity contribution in [2.24, 2.45) is 0 Å². The van der Waals surface area contributed by atoms with Gasteiger partial charge in [0.15, 0.2) is 11.5 Å². The summed E-state index contributed by atoms with van der Waals surface area (Å²) in [5.41, 5.74) is 4.02. The minimum atomic E-state index is -0.129. The fourth-order valence-electron chi connectivity index (χ4n) is 3.70. The van der Waals surface area contributed by atoms with Gasteiger partial charge in [-0.05, 0) is 55.2 Å². The molecule has 0 aromatic heterocycles. The largest absolute Gasteiger partial charge is 0.490 e. The molecule has 0 saturated heterocycles. The Labute approximate surface area is 177 Å². The van der Waals surface area contributed by atoms with E-state index in [1.165, 1.54) is 5.56 Å². The van der Waals surface area contributed by atoms with Gasteiger partial charge in [-0.15, -0.1) is 0 Å². The highest BCUT2D eigenvalue weighted by atomic mass is 16.5. The van der Waals surface area contributed by atoms with E-state index >= 15 is 0 Å². The second kappa shape index (κ2) is 9.49. The van der Waals surface area contributed by atoms with Crippen LogP contribution in [-0.4, -0.2) is 19.1 Å². The predicted octanol–water partition coefficient (Wildman–Crippen LogP) is 5.26. The lowest BCUT2D eigenvalue weighted by Gasteiger charge is -2.21. The normalized spacial score (nSPS) is 13.9. The van der Waals surface area contributed by atoms with Gasteiger partial charge < -0.3 is 14.8 Å². The molecule has 1 unspecified atom stereocenters. The van der Waals surface area contributed by atoms with E-state index in [0.717, 1.165) is 41.9 Å². The van der Waals surface area contributed by atoms with Crippen molar-refractivity contribution >= 4 is 5.91 Å². The number of benzene rings is 3. The molecule has 0 bridgehead atoms. The van der Waals surface area contributed by atoms with Gasteiger partial charge in [-0.1, -0.05) is 54.1 Å². The average molecular weight is 402 g/mol. The van der Waals surface area contributed by atoms with Gasteiger partial charge in [0.25, 0.3) is 5.91 Å². The Bertz CT molecular complexity index is 1000. The lowest BCUT2D eigenvalue weighted by Crippen LogP contribution is -2.29. The number of carbonyl (C=O) groups excluding carboxylic acids is 1. The van der Waals surface area contributed by atoms with E-state index < -0.39 is 0 Å². The summed E-state index contributed by atoms with van der Waals surface area (Å²) in [5.74, 6) is 1.45. The fourth-order valence-corrected chi connectivity index (χ4v) is 3.70. The maximum absolute atomic E-state index is 13.0. The van der Waals surface area contributed by atoms with Crippen LogP contribution in [0.15, 0.2) is 72.8 Å². The van der Waals surface area contributed by atoms with E-state index in [2.05, 4.69) is 17.4 Å². The van der Waals surface area contributed by atoms with Crippen LogP contribution in [0.4, 0.5) is 0 Å². The highest BCUT2D eigenvalue weighted by molar-refractivity contribution is 5.94. The number of nitrogens with one attached hydrogen (secondary N) is 1. The molecule has 3 aromatic carbocycles. The molecule has 154 valence electrons. The third kappa shape index (κ3) is 5.01. The number of fused-ring (bicyclic) bond motifs is 1. The second-order valence-corrected chi connectivity index (χ2v) is 7.68. The Morgan fingerprint density at radius 1 is 0.933 bits per heavy atom. The van der Waals surface area contributed by atoms with Crippen LogP contribution in [0.3, 0.4) is 0 Å². The van der Waals surface area contributed by atoms with Crippen molar-refractivity contribution in [1.29, 1.82) is 0 Å². The smallest absolute Gasteiger partial charge is 0.251 e. The fraction of sp³-hybridized carbons (Fsp3) is 0.269. The predicted molar refractivity (Wildman–Crippen MR) is 118 cm³/mol. The van der Waals surface area contributed by atoms with Crippen molar-refractivity contribution < 1.29 is 14.3 Å². The average Bonchev–Trinajstić information content (AvgIpc) is 3.02. The third-order valence-corrected chi connectivity index (χ3v) is 5.32. The highest BCUT2D eigenvalue weighted by Gasteiger charge is 2.19. The van der Waals surface area contributed by atoms with Gasteiger partial charge >= 0.3 is 0 Å². The highest BCUT2D eigenvalue weighted by Crippen LogP contribution is 2.33. The van der Waals surface area contributed by atoms with Crippen molar-refractivity contribution in [3.8, 4) is 11.5 Å². The first-order valence-corrected chi connectivity index (χ1v) is 10.5. The Balaban J connectivity index is 1.58. The van der Waals surface area contributed by atoms with Crippen LogP contribution in [0.1, 0.15) is 45.9 Å². The molecule has 0 spiro atoms. The van der Waals surface area contributed by atoms with Crippen molar-refractivity contribution in [1.82, 2.24) is 5.32 Å². The summed E-state index contributed by atoms with van der Waals surface area (Å²) in [6, 6.07) is 23.9. The second-order valence-electron chi connectivity index (χ2n) is 7.68. The Morgan fingerprint density at radius 3 is 2.53 bits per heavy atom. The molecule has 4 rings (SSSR count). The van der Waals surface area contributed by atoms with Crippen molar-refractivity contribution in [2.75, 3.05) is 13.2 Å². The molecule has 0 radical (unpaired) electrons. The molecule has 4 nitrogen and oxygen atoms in total. The minimum Gasteiger partial charge on any atom is -0.490 e. The standard InChI is InChI=1S/C26H27NO3/c1-19-7-5-10-22(17-19)26(28)27-23(13-11-20-8-3-2-4-9-20)21-12-14-24-25(18-21)30-16-6-15-29-24/h2-5,7-10,12,14,17-18,23H,6,11,13,15-16H2,1H3,(H,27,28). The molecule has 1 heterocycles. The van der Waals surface area contributed by atoms with E-state index in [1.807, 2.05) is 67.6 Å². The first-order chi connectivity index (χ1) is 14.7. The number of rotatable bonds is 6. The molecule has 0 saturated carbocycles. The van der Waals surface area contributed by atoms with Crippen LogP contribution >= 0.6 is 0 Å². The summed E-state index contributed by atoms with van der Waals surface area (Å²) in [7, 11) is 0. The number of hydrogen-bond donors (Lipinski definition) is 1. The molecular weight excluding hydrogens is 374 g/mol. The van der Waals surface area contributed by atoms with Crippen LogP contribution in [0.2, 0.25) is 0 Å². The van der Waals surface area contributed by atoms with Gasteiger partial charge in [0.1, 0.15) is 0 Å². The summed E-state index contributed by atoms with van der Waals surface area (Å²) in [6.07, 6.45) is 2.53. The third-order valence-electron chi connectivity index (χ3n) is 5.32. The van der Waals surface area contributed by atoms with E-state index in [-0.39, 0.29) is 11.9 Å². The summed E-state index contributed by atoms with van der Waals surface area (Å²) in [6.45, 7) is 3.29. The lowest BCUT2D eigenvalue weighted by molar-refractivity contribution is 0.0934. The minimum absolute atomic E-state index is 0.0659. The molecule has 1 amide bonds. The number of carbonyl (C=O) groups is 1. The number of hydrogen-bond acceptors (Lipinski definition) is 3. The van der Waals surface area contributed by atoms with Gasteiger partial charge in [-0.2, -0.15) is 0 Å². The molecule has 0 aliphatic carbocycles. The zero-order chi connectivity index (χ0) is 20.8. The van der Waals surface area contributed by atoms with E-state index in [0.29, 0.717) is 18.8 Å². The molecule has 3 aromatic rings. The van der Waals surface area contributed by atoms with Crippen LogP contribution in [0.25, 0.3) is 0 Å². The maximum Gasteiger partial charge on any atom is 0.251 e. The summed E-state index contributed by atoms with van der Waals surface area (Å²) in [4.78, 5) is 13.0. The van der Waals surface area contributed by atoms with E-state index in [1.54, 1.807) is 0 Å². The molecule has 30 heavy (non-hydrogen) atoms. The molecule has 1 atom stereocenters. The van der Waals surface area contributed by atoms with E-state index in [9.17, 15) is 4.79 Å². The summed E-state index contributed by atoms with van der Waals surface area (Å²) in [5, 5.41) is 3.23. The topological polar surface area (TPSA) is 47.6 Å². The first-order valence-electron chi connectivity index (χ1n) is 10.5. The monoisotopic (exact) mass is 401 g/mol. The number of amides is 1. The quantitative estimate of drug-likeness (QED) is 0.613. The molecule has 1 aliphatic rings. The molecule has 0 fully saturated rings. The molecular formula is C26H27NO3. The molecule has 1 N–H and O–H groups in total. The Kier molecular flexibility index (Phi) is 6.33. The molecule has 1 aliphatic heterocycles.